The summed E-state index contributed by atoms with van der Waals surface area (Å²) < 4.78 is 0. The SMILES string of the molecule is Cc1nccc2c1C(=O)NC2CC1CC1. The Labute approximate surface area is 88.9 Å². The Morgan fingerprint density at radius 3 is 3.07 bits per heavy atom. The molecule has 3 nitrogen and oxygen atoms in total. The maximum absolute atomic E-state index is 11.7. The van der Waals surface area contributed by atoms with Gasteiger partial charge in [0.1, 0.15) is 0 Å². The number of hydrogen-bond acceptors (Lipinski definition) is 2. The first-order valence-corrected chi connectivity index (χ1v) is 5.52. The van der Waals surface area contributed by atoms with E-state index in [9.17, 15) is 4.79 Å². The zero-order valence-corrected chi connectivity index (χ0v) is 8.79. The molecule has 1 saturated carbocycles. The molecule has 1 N–H and O–H groups in total. The minimum absolute atomic E-state index is 0.0567. The van der Waals surface area contributed by atoms with Crippen LogP contribution >= 0.6 is 0 Å². The smallest absolute Gasteiger partial charge is 0.253 e. The molecule has 1 fully saturated rings. The molecule has 1 aliphatic heterocycles. The Balaban J connectivity index is 1.97. The average molecular weight is 202 g/mol. The van der Waals surface area contributed by atoms with Crippen molar-refractivity contribution in [1.82, 2.24) is 10.3 Å². The van der Waals surface area contributed by atoms with Crippen molar-refractivity contribution in [3.05, 3.63) is 29.1 Å². The first kappa shape index (κ1) is 8.89. The molecule has 0 radical (unpaired) electrons. The third-order valence-corrected chi connectivity index (χ3v) is 3.35. The molecule has 15 heavy (non-hydrogen) atoms. The summed E-state index contributed by atoms with van der Waals surface area (Å²) in [4.78, 5) is 15.9. The number of fused-ring (bicyclic) bond motifs is 1. The van der Waals surface area contributed by atoms with Gasteiger partial charge in [-0.2, -0.15) is 0 Å². The Bertz CT molecular complexity index is 424. The molecule has 3 heteroatoms. The van der Waals surface area contributed by atoms with Crippen LogP contribution in [0, 0.1) is 12.8 Å². The number of rotatable bonds is 2. The fourth-order valence-corrected chi connectivity index (χ4v) is 2.35. The molecule has 0 spiro atoms. The third kappa shape index (κ3) is 1.42. The standard InChI is InChI=1S/C12H14N2O/c1-7-11-9(4-5-13-7)10(14-12(11)15)6-8-2-3-8/h4-5,8,10H,2-3,6H2,1H3,(H,14,15). The largest absolute Gasteiger partial charge is 0.345 e. The van der Waals surface area contributed by atoms with Crippen LogP contribution in [0.15, 0.2) is 12.3 Å². The van der Waals surface area contributed by atoms with Gasteiger partial charge in [0.05, 0.1) is 17.3 Å². The van der Waals surface area contributed by atoms with Gasteiger partial charge in [-0.15, -0.1) is 0 Å². The number of carbonyl (C=O) groups is 1. The number of nitrogens with one attached hydrogen (secondary N) is 1. The molecule has 1 aliphatic carbocycles. The van der Waals surface area contributed by atoms with Crippen LogP contribution in [-0.4, -0.2) is 10.9 Å². The van der Waals surface area contributed by atoms with Crippen LogP contribution < -0.4 is 5.32 Å². The normalized spacial score (nSPS) is 23.8. The van der Waals surface area contributed by atoms with Crippen LogP contribution in [0.3, 0.4) is 0 Å². The van der Waals surface area contributed by atoms with E-state index in [0.29, 0.717) is 0 Å². The van der Waals surface area contributed by atoms with Gasteiger partial charge in [0, 0.05) is 6.20 Å². The van der Waals surface area contributed by atoms with Crippen molar-refractivity contribution in [1.29, 1.82) is 0 Å². The highest BCUT2D eigenvalue weighted by Crippen LogP contribution is 2.40. The molecule has 1 atom stereocenters. The lowest BCUT2D eigenvalue weighted by molar-refractivity contribution is 0.0953. The summed E-state index contributed by atoms with van der Waals surface area (Å²) in [5, 5.41) is 3.05. The monoisotopic (exact) mass is 202 g/mol. The second-order valence-electron chi connectivity index (χ2n) is 4.57. The zero-order chi connectivity index (χ0) is 10.4. The van der Waals surface area contributed by atoms with Gasteiger partial charge >= 0.3 is 0 Å². The van der Waals surface area contributed by atoms with E-state index in [1.807, 2.05) is 13.0 Å². The van der Waals surface area contributed by atoms with Crippen LogP contribution in [0.2, 0.25) is 0 Å². The highest BCUT2D eigenvalue weighted by molar-refractivity contribution is 6.00. The maximum Gasteiger partial charge on any atom is 0.253 e. The highest BCUT2D eigenvalue weighted by Gasteiger charge is 2.34. The summed E-state index contributed by atoms with van der Waals surface area (Å²) in [6, 6.07) is 2.22. The zero-order valence-electron chi connectivity index (χ0n) is 8.79. The molecule has 2 aliphatic rings. The van der Waals surface area contributed by atoms with Crippen molar-refractivity contribution >= 4 is 5.91 Å². The molecule has 1 aromatic rings. The Morgan fingerprint density at radius 1 is 1.53 bits per heavy atom. The predicted octanol–water partition coefficient (Wildman–Crippen LogP) is 1.97. The number of carbonyl (C=O) groups excluding carboxylic acids is 1. The average Bonchev–Trinajstić information content (AvgIpc) is 2.94. The molecule has 0 saturated heterocycles. The molecular weight excluding hydrogens is 188 g/mol. The van der Waals surface area contributed by atoms with E-state index in [4.69, 9.17) is 0 Å². The Kier molecular flexibility index (Phi) is 1.81. The fourth-order valence-electron chi connectivity index (χ4n) is 2.35. The number of aromatic nitrogens is 1. The number of aryl methyl sites for hydroxylation is 1. The van der Waals surface area contributed by atoms with Crippen molar-refractivity contribution in [2.45, 2.75) is 32.2 Å². The topological polar surface area (TPSA) is 42.0 Å². The first-order valence-electron chi connectivity index (χ1n) is 5.52. The van der Waals surface area contributed by atoms with Crippen molar-refractivity contribution in [2.24, 2.45) is 5.92 Å². The van der Waals surface area contributed by atoms with E-state index >= 15 is 0 Å². The van der Waals surface area contributed by atoms with Crippen LogP contribution in [-0.2, 0) is 0 Å². The van der Waals surface area contributed by atoms with Gasteiger partial charge in [0.25, 0.3) is 5.91 Å². The number of nitrogens with zero attached hydrogens (tertiary/aromatic N) is 1. The fraction of sp³-hybridized carbons (Fsp3) is 0.500. The minimum Gasteiger partial charge on any atom is -0.345 e. The predicted molar refractivity (Wildman–Crippen MR) is 56.5 cm³/mol. The summed E-state index contributed by atoms with van der Waals surface area (Å²) in [5.74, 6) is 0.885. The van der Waals surface area contributed by atoms with E-state index in [2.05, 4.69) is 10.3 Å². The van der Waals surface area contributed by atoms with E-state index in [1.165, 1.54) is 12.8 Å². The second kappa shape index (κ2) is 3.05. The van der Waals surface area contributed by atoms with Gasteiger partial charge in [-0.05, 0) is 30.9 Å². The summed E-state index contributed by atoms with van der Waals surface area (Å²) in [6.07, 6.45) is 5.55. The Hall–Kier alpha value is -1.38. The minimum atomic E-state index is 0.0567. The summed E-state index contributed by atoms with van der Waals surface area (Å²) in [7, 11) is 0. The van der Waals surface area contributed by atoms with Gasteiger partial charge in [0.15, 0.2) is 0 Å². The van der Waals surface area contributed by atoms with Crippen molar-refractivity contribution in [3.63, 3.8) is 0 Å². The van der Waals surface area contributed by atoms with Crippen molar-refractivity contribution in [2.75, 3.05) is 0 Å². The first-order chi connectivity index (χ1) is 7.25. The molecule has 1 aromatic heterocycles. The van der Waals surface area contributed by atoms with E-state index in [0.717, 1.165) is 29.2 Å². The Morgan fingerprint density at radius 2 is 2.33 bits per heavy atom. The lowest BCUT2D eigenvalue weighted by atomic mass is 10.0. The third-order valence-electron chi connectivity index (χ3n) is 3.35. The van der Waals surface area contributed by atoms with Gasteiger partial charge in [-0.1, -0.05) is 12.8 Å². The molecule has 1 unspecified atom stereocenters. The van der Waals surface area contributed by atoms with E-state index < -0.39 is 0 Å². The number of hydrogen-bond donors (Lipinski definition) is 1. The van der Waals surface area contributed by atoms with Crippen LogP contribution in [0.1, 0.15) is 46.9 Å². The van der Waals surface area contributed by atoms with Gasteiger partial charge in [-0.25, -0.2) is 0 Å². The van der Waals surface area contributed by atoms with Crippen molar-refractivity contribution in [3.8, 4) is 0 Å². The lowest BCUT2D eigenvalue weighted by Gasteiger charge is -2.10. The van der Waals surface area contributed by atoms with Crippen LogP contribution in [0.4, 0.5) is 0 Å². The van der Waals surface area contributed by atoms with Gasteiger partial charge < -0.3 is 5.32 Å². The maximum atomic E-state index is 11.7. The summed E-state index contributed by atoms with van der Waals surface area (Å²) in [5.41, 5.74) is 2.81. The van der Waals surface area contributed by atoms with Gasteiger partial charge in [0.2, 0.25) is 0 Å². The van der Waals surface area contributed by atoms with Crippen molar-refractivity contribution < 1.29 is 4.79 Å². The number of amides is 1. The molecular formula is C12H14N2O. The molecule has 3 rings (SSSR count). The summed E-state index contributed by atoms with van der Waals surface area (Å²) in [6.45, 7) is 1.90. The number of pyridine rings is 1. The molecule has 0 bridgehead atoms. The molecule has 0 aromatic carbocycles. The van der Waals surface area contributed by atoms with Gasteiger partial charge in [-0.3, -0.25) is 9.78 Å². The van der Waals surface area contributed by atoms with E-state index in [-0.39, 0.29) is 11.9 Å². The van der Waals surface area contributed by atoms with Crippen LogP contribution in [0.5, 0.6) is 0 Å². The molecule has 2 heterocycles. The van der Waals surface area contributed by atoms with Crippen LogP contribution in [0.25, 0.3) is 0 Å². The lowest BCUT2D eigenvalue weighted by Crippen LogP contribution is -2.19. The quantitative estimate of drug-likeness (QED) is 0.796. The highest BCUT2D eigenvalue weighted by atomic mass is 16.2. The second-order valence-corrected chi connectivity index (χ2v) is 4.57. The molecule has 1 amide bonds. The van der Waals surface area contributed by atoms with E-state index in [1.54, 1.807) is 6.20 Å². The molecule has 78 valence electrons. The summed E-state index contributed by atoms with van der Waals surface area (Å²) >= 11 is 0.